The van der Waals surface area contributed by atoms with Crippen LogP contribution in [0.15, 0.2) is 12.2 Å². The minimum atomic E-state index is 1.33. The average molecular weight is 83.0 g/mol. The van der Waals surface area contributed by atoms with Crippen molar-refractivity contribution in [2.45, 2.75) is 0 Å². The Hall–Kier alpha value is -0.0900. The highest BCUT2D eigenvalue weighted by atomic mass is 31.1. The first kappa shape index (κ1) is 3.11. The maximum absolute atomic E-state index is 2.10. The summed E-state index contributed by atoms with van der Waals surface area (Å²) in [6, 6.07) is 0. The third kappa shape index (κ3) is 0.592. The van der Waals surface area contributed by atoms with E-state index in [-0.39, 0.29) is 0 Å². The Morgan fingerprint density at radius 3 is 2.40 bits per heavy atom. The van der Waals surface area contributed by atoms with Crippen LogP contribution in [0.5, 0.6) is 0 Å². The van der Waals surface area contributed by atoms with Gasteiger partial charge in [-0.3, -0.25) is 0 Å². The Morgan fingerprint density at radius 2 is 2.20 bits per heavy atom. The van der Waals surface area contributed by atoms with Crippen molar-refractivity contribution in [2.75, 3.05) is 0 Å². The molecule has 1 aliphatic heterocycles. The van der Waals surface area contributed by atoms with Gasteiger partial charge in [0.2, 0.25) is 0 Å². The van der Waals surface area contributed by atoms with Crippen LogP contribution >= 0.6 is 8.20 Å². The van der Waals surface area contributed by atoms with Crippen molar-refractivity contribution in [3.63, 3.8) is 0 Å². The van der Waals surface area contributed by atoms with E-state index in [0.717, 1.165) is 0 Å². The molecule has 0 saturated heterocycles. The van der Waals surface area contributed by atoms with E-state index in [0.29, 0.717) is 0 Å². The van der Waals surface area contributed by atoms with E-state index in [1.165, 1.54) is 8.20 Å². The van der Waals surface area contributed by atoms with Crippen LogP contribution in [0.25, 0.3) is 0 Å². The molecule has 5 heavy (non-hydrogen) atoms. The molecule has 0 spiro atoms. The zero-order valence-electron chi connectivity index (χ0n) is 2.76. The molecule has 0 bridgehead atoms. The molecule has 0 aliphatic carbocycles. The molecule has 0 amide bonds. The molecule has 1 heteroatoms. The van der Waals surface area contributed by atoms with Gasteiger partial charge >= 0.3 is 0 Å². The summed E-state index contributed by atoms with van der Waals surface area (Å²) in [6.07, 6.45) is 6.18. The number of hydrogen-bond donors (Lipinski definition) is 0. The van der Waals surface area contributed by atoms with Gasteiger partial charge in [0.1, 0.15) is 0 Å². The summed E-state index contributed by atoms with van der Waals surface area (Å²) < 4.78 is 0. The summed E-state index contributed by atoms with van der Waals surface area (Å²) in [6.45, 7) is 0. The largest absolute Gasteiger partial charge is 0.0956 e. The first-order chi connectivity index (χ1) is 2.50. The highest BCUT2D eigenvalue weighted by Crippen LogP contribution is 2.05. The standard InChI is InChI=1S/C4H4P/c1-2-4-5-3-1/h1-4H. The number of hydrogen-bond acceptors (Lipinski definition) is 0. The molecular formula is C4H4P. The fourth-order valence-corrected chi connectivity index (χ4v) is 0.745. The lowest BCUT2D eigenvalue weighted by atomic mass is 10.6. The Bertz CT molecular complexity index is 61.7. The van der Waals surface area contributed by atoms with Crippen molar-refractivity contribution < 1.29 is 0 Å². The lowest BCUT2D eigenvalue weighted by molar-refractivity contribution is 2.07. The molecule has 0 saturated carbocycles. The van der Waals surface area contributed by atoms with Crippen LogP contribution in [0.3, 0.4) is 0 Å². The Kier molecular flexibility index (Phi) is 0.855. The second kappa shape index (κ2) is 1.37. The van der Waals surface area contributed by atoms with Gasteiger partial charge in [-0.25, -0.2) is 0 Å². The van der Waals surface area contributed by atoms with Gasteiger partial charge in [0.15, 0.2) is 0 Å². The Balaban J connectivity index is 2.61. The Labute approximate surface area is 33.3 Å². The molecule has 0 aromatic heterocycles. The quantitative estimate of drug-likeness (QED) is 0.389. The molecule has 25 valence electrons. The van der Waals surface area contributed by atoms with Crippen molar-refractivity contribution in [1.82, 2.24) is 0 Å². The average Bonchev–Trinajstić information content (AvgIpc) is 1.76. The van der Waals surface area contributed by atoms with Gasteiger partial charge in [0.05, 0.1) is 0 Å². The molecule has 0 unspecified atom stereocenters. The van der Waals surface area contributed by atoms with Crippen LogP contribution in [0, 0.1) is 6.16 Å². The maximum atomic E-state index is 2.10. The van der Waals surface area contributed by atoms with Gasteiger partial charge < -0.3 is 0 Å². The van der Waals surface area contributed by atoms with E-state index in [2.05, 4.69) is 12.0 Å². The Morgan fingerprint density at radius 1 is 1.20 bits per heavy atom. The van der Waals surface area contributed by atoms with Gasteiger partial charge in [-0.15, -0.1) is 0 Å². The van der Waals surface area contributed by atoms with Crippen LogP contribution in [-0.2, 0) is 0 Å². The molecule has 0 atom stereocenters. The third-order valence-electron chi connectivity index (χ3n) is 0.455. The number of rotatable bonds is 0. The predicted molar refractivity (Wildman–Crippen MR) is 26.4 cm³/mol. The molecule has 0 aromatic carbocycles. The molecule has 0 N–H and O–H groups in total. The SMILES string of the molecule is [CH]1C=CC=P1. The summed E-state index contributed by atoms with van der Waals surface area (Å²) >= 11 is 0. The van der Waals surface area contributed by atoms with Gasteiger partial charge in [0, 0.05) is 6.16 Å². The summed E-state index contributed by atoms with van der Waals surface area (Å²) in [5.41, 5.74) is 0. The first-order valence-corrected chi connectivity index (χ1v) is 2.55. The predicted octanol–water partition coefficient (Wildman–Crippen LogP) is 1.47. The third-order valence-corrected chi connectivity index (χ3v) is 1.14. The maximum Gasteiger partial charge on any atom is 0.0331 e. The van der Waals surface area contributed by atoms with Crippen LogP contribution in [0.4, 0.5) is 0 Å². The lowest BCUT2D eigenvalue weighted by Crippen LogP contribution is -1.37. The number of allylic oxidation sites excluding steroid dienone is 2. The van der Waals surface area contributed by atoms with Gasteiger partial charge in [-0.05, 0) is 5.80 Å². The van der Waals surface area contributed by atoms with Crippen molar-refractivity contribution in [2.24, 2.45) is 0 Å². The smallest absolute Gasteiger partial charge is 0.0331 e. The molecule has 0 nitrogen and oxygen atoms in total. The summed E-state index contributed by atoms with van der Waals surface area (Å²) in [4.78, 5) is 0. The van der Waals surface area contributed by atoms with E-state index in [1.807, 2.05) is 12.2 Å². The lowest BCUT2D eigenvalue weighted by Gasteiger charge is -1.55. The molecule has 1 aliphatic rings. The van der Waals surface area contributed by atoms with Gasteiger partial charge in [0.25, 0.3) is 0 Å². The fourth-order valence-electron chi connectivity index (χ4n) is 0.248. The highest BCUT2D eigenvalue weighted by molar-refractivity contribution is 7.42. The summed E-state index contributed by atoms with van der Waals surface area (Å²) in [5, 5.41) is 0. The minimum absolute atomic E-state index is 1.33. The first-order valence-electron chi connectivity index (χ1n) is 1.52. The second-order valence-corrected chi connectivity index (χ2v) is 1.73. The zero-order valence-corrected chi connectivity index (χ0v) is 3.65. The summed E-state index contributed by atoms with van der Waals surface area (Å²) in [5.74, 6) is 2.10. The second-order valence-electron chi connectivity index (χ2n) is 0.832. The van der Waals surface area contributed by atoms with E-state index in [9.17, 15) is 0 Å². The van der Waals surface area contributed by atoms with Crippen LogP contribution in [0.2, 0.25) is 0 Å². The molecule has 1 heterocycles. The topological polar surface area (TPSA) is 0 Å². The zero-order chi connectivity index (χ0) is 3.54. The molecule has 0 fully saturated rings. The van der Waals surface area contributed by atoms with Crippen molar-refractivity contribution in [1.29, 1.82) is 0 Å². The van der Waals surface area contributed by atoms with Crippen LogP contribution in [-0.4, -0.2) is 5.80 Å². The van der Waals surface area contributed by atoms with Gasteiger partial charge in [-0.1, -0.05) is 20.4 Å². The fraction of sp³-hybridized carbons (Fsp3) is 0. The van der Waals surface area contributed by atoms with Crippen molar-refractivity contribution in [3.8, 4) is 0 Å². The molecular weight excluding hydrogens is 79.0 g/mol. The van der Waals surface area contributed by atoms with Crippen LogP contribution in [0.1, 0.15) is 0 Å². The van der Waals surface area contributed by atoms with E-state index < -0.39 is 0 Å². The van der Waals surface area contributed by atoms with Crippen molar-refractivity contribution in [3.05, 3.63) is 18.3 Å². The van der Waals surface area contributed by atoms with E-state index in [4.69, 9.17) is 0 Å². The van der Waals surface area contributed by atoms with Crippen LogP contribution < -0.4 is 0 Å². The minimum Gasteiger partial charge on any atom is -0.0956 e. The van der Waals surface area contributed by atoms with Gasteiger partial charge in [-0.2, -0.15) is 0 Å². The highest BCUT2D eigenvalue weighted by Gasteiger charge is 1.73. The van der Waals surface area contributed by atoms with E-state index >= 15 is 0 Å². The van der Waals surface area contributed by atoms with E-state index in [1.54, 1.807) is 0 Å². The molecule has 1 rings (SSSR count). The normalized spacial score (nSPS) is 20.8. The monoisotopic (exact) mass is 83.0 g/mol. The molecule has 0 aromatic rings. The van der Waals surface area contributed by atoms with Crippen molar-refractivity contribution >= 4 is 14.0 Å². The molecule has 1 radical (unpaired) electrons. The summed E-state index contributed by atoms with van der Waals surface area (Å²) in [7, 11) is 1.33.